The van der Waals surface area contributed by atoms with E-state index in [0.29, 0.717) is 105 Å². The summed E-state index contributed by atoms with van der Waals surface area (Å²) in [5.41, 5.74) is 16.5. The summed E-state index contributed by atoms with van der Waals surface area (Å²) < 4.78 is 26.9. The van der Waals surface area contributed by atoms with Gasteiger partial charge in [-0.05, 0) is 117 Å². The number of pyridine rings is 7. The van der Waals surface area contributed by atoms with Gasteiger partial charge in [-0.3, -0.25) is 14.6 Å². The van der Waals surface area contributed by atoms with Crippen molar-refractivity contribution in [1.82, 2.24) is 78.3 Å². The van der Waals surface area contributed by atoms with E-state index in [4.69, 9.17) is 28.9 Å². The normalized spacial score (nSPS) is 18.4. The van der Waals surface area contributed by atoms with Crippen LogP contribution in [0.3, 0.4) is 0 Å². The number of morpholine rings is 2. The molecule has 0 saturated carbocycles. The molecule has 8 fully saturated rings. The summed E-state index contributed by atoms with van der Waals surface area (Å²) in [6.45, 7) is 20.3. The van der Waals surface area contributed by atoms with Gasteiger partial charge < -0.3 is 53.2 Å². The second-order valence-corrected chi connectivity index (χ2v) is 30.9. The number of hydrogen-bond acceptors (Lipinski definition) is 25. The molecule has 596 valence electrons. The first-order valence-corrected chi connectivity index (χ1v) is 40.3. The highest BCUT2D eigenvalue weighted by Gasteiger charge is 2.45. The number of aromatic nitrogens is 12. The Hall–Kier alpha value is -12.7. The van der Waals surface area contributed by atoms with Gasteiger partial charge in [0.2, 0.25) is 23.6 Å². The number of piperazine rings is 3. The lowest BCUT2D eigenvalue weighted by Gasteiger charge is -2.56. The first kappa shape index (κ1) is 76.9. The molecule has 11 aromatic heterocycles. The number of nitriles is 3. The minimum atomic E-state index is -0.166. The number of hydrogen-bond donors (Lipinski definition) is 0. The smallest absolute Gasteiger partial charge is 0.229 e. The molecule has 29 nitrogen and oxygen atoms in total. The Morgan fingerprint density at radius 3 is 1.47 bits per heavy atom. The lowest BCUT2D eigenvalue weighted by Crippen LogP contribution is -2.68. The molecule has 0 radical (unpaired) electrons. The number of likely N-dealkylation sites (tertiary alicyclic amines) is 1. The van der Waals surface area contributed by atoms with Crippen LogP contribution in [-0.4, -0.2) is 249 Å². The number of ether oxygens (including phenoxy) is 4. The molecule has 2 bridgehead atoms. The highest BCUT2D eigenvalue weighted by atomic mass is 16.5. The fraction of sp³-hybridized carbons (Fsp3) is 0.375. The Morgan fingerprint density at radius 1 is 0.487 bits per heavy atom. The summed E-state index contributed by atoms with van der Waals surface area (Å²) >= 11 is 0. The summed E-state index contributed by atoms with van der Waals surface area (Å²) in [5, 5.41) is 42.6. The first-order chi connectivity index (χ1) is 57.4. The zero-order valence-electron chi connectivity index (χ0n) is 66.4. The van der Waals surface area contributed by atoms with E-state index in [0.717, 1.165) is 183 Å². The van der Waals surface area contributed by atoms with Crippen LogP contribution in [0.4, 0.5) is 29.0 Å². The molecule has 1 amide bonds. The summed E-state index contributed by atoms with van der Waals surface area (Å²) in [7, 11) is 5.46. The molecule has 19 heterocycles. The van der Waals surface area contributed by atoms with Gasteiger partial charge in [0.25, 0.3) is 0 Å². The third-order valence-corrected chi connectivity index (χ3v) is 23.9. The lowest BCUT2D eigenvalue weighted by molar-refractivity contribution is -0.132. The van der Waals surface area contributed by atoms with Crippen LogP contribution in [-0.2, 0) is 27.4 Å². The number of fused-ring (bicyclic) bond motifs is 5. The van der Waals surface area contributed by atoms with E-state index in [1.54, 1.807) is 37.3 Å². The Morgan fingerprint density at radius 2 is 0.974 bits per heavy atom. The Bertz CT molecular complexity index is 5560. The van der Waals surface area contributed by atoms with Gasteiger partial charge in [-0.15, -0.1) is 0 Å². The van der Waals surface area contributed by atoms with Gasteiger partial charge in [0.1, 0.15) is 29.8 Å². The monoisotopic (exact) mass is 1570 g/mol. The molecular formula is C88H94N24O5. The van der Waals surface area contributed by atoms with Crippen molar-refractivity contribution >= 4 is 51.4 Å². The third kappa shape index (κ3) is 16.7. The number of carbonyl (C=O) groups excluding carboxylic acids is 1. The number of piperidine rings is 2. The predicted octanol–water partition coefficient (Wildman–Crippen LogP) is 9.73. The SMILES string of the molecule is COc1ccc(CN2C3CC2CN(c2ccc(-c4cc(C5CCN(C)CC5)cn5ncc(C#N)c45)cn2)C3)cn1.COc1ccc(CN2CCN(c3ccc(-c4cc(N5CCOCC5)cn5ncc(C#N)c45)cn3)CC2)cn1.C[C@@H](C(=O)N1CCN(c2ncc(-c3cc(N4CCOCC4)cn4ncc(C#N)c34)cn2)CC1)c1ccccc1. The maximum atomic E-state index is 13.1. The van der Waals surface area contributed by atoms with Crippen LogP contribution in [0.2, 0.25) is 0 Å². The average Bonchev–Trinajstić information content (AvgIpc) is 1.22. The standard InChI is InChI=1S/C31H34N8O.C29H30N8O2.C28H30N8O2/c1-36-9-7-22(8-10-36)24-11-28(31-25(13-32)16-35-39(31)18-24)23-4-5-29(33-15-23)37-19-26-12-27(20-37)38(26)17-21-3-6-30(40-2)34-14-21;1-21(22-5-3-2-4-6-22)28(38)35-7-9-36(10-8-35)29-31-17-24(18-32-29)26-15-25(34-11-13-39-14-12-34)20-37-27(26)23(16-30)19-33-37;1-37-27-5-2-21(16-31-27)19-33-6-8-35(9-7-33)26-4-3-22(17-30-26)25-14-24(34-10-12-38-13-11-34)20-36-28(25)23(15-29)18-32-36/h3-6,11,14-16,18,22,26-27H,7-10,12,17,19-20H2,1-2H3;2-6,15,17-21H,7-14H2,1H3;2-5,14,16-18,20H,6-13,19H2,1H3/t;21-;/m.1./s1. The molecule has 12 aromatic rings. The molecule has 8 aliphatic heterocycles. The molecule has 8 aliphatic rings. The van der Waals surface area contributed by atoms with E-state index in [9.17, 15) is 20.6 Å². The molecule has 29 heteroatoms. The molecule has 3 atom stereocenters. The average molecular weight is 1570 g/mol. The predicted molar refractivity (Wildman–Crippen MR) is 445 cm³/mol. The van der Waals surface area contributed by atoms with E-state index in [1.807, 2.05) is 113 Å². The van der Waals surface area contributed by atoms with Gasteiger partial charge in [0.15, 0.2) is 0 Å². The highest BCUT2D eigenvalue weighted by molar-refractivity contribution is 5.89. The van der Waals surface area contributed by atoms with E-state index in [1.165, 1.54) is 23.1 Å². The van der Waals surface area contributed by atoms with Crippen LogP contribution in [0.15, 0.2) is 171 Å². The minimum Gasteiger partial charge on any atom is -0.481 e. The number of benzene rings is 1. The molecule has 117 heavy (non-hydrogen) atoms. The molecule has 2 unspecified atom stereocenters. The van der Waals surface area contributed by atoms with Crippen LogP contribution < -0.4 is 34.0 Å². The largest absolute Gasteiger partial charge is 0.481 e. The van der Waals surface area contributed by atoms with Gasteiger partial charge in [0.05, 0.1) is 122 Å². The maximum Gasteiger partial charge on any atom is 0.229 e. The molecule has 0 spiro atoms. The van der Waals surface area contributed by atoms with Crippen LogP contribution in [0.1, 0.15) is 77.0 Å². The first-order valence-electron chi connectivity index (χ1n) is 40.3. The topological polar surface area (TPSA) is 284 Å². The van der Waals surface area contributed by atoms with Gasteiger partial charge in [-0.25, -0.2) is 43.5 Å². The number of nitrogens with zero attached hydrogens (tertiary/aromatic N) is 24. The van der Waals surface area contributed by atoms with Gasteiger partial charge in [-0.1, -0.05) is 42.5 Å². The molecule has 1 aromatic carbocycles. The molecule has 0 N–H and O–H groups in total. The molecule has 0 aliphatic carbocycles. The number of amides is 1. The van der Waals surface area contributed by atoms with E-state index < -0.39 is 0 Å². The van der Waals surface area contributed by atoms with Gasteiger partial charge in [0, 0.05) is 206 Å². The van der Waals surface area contributed by atoms with Crippen molar-refractivity contribution in [2.24, 2.45) is 0 Å². The minimum absolute atomic E-state index is 0.149. The summed E-state index contributed by atoms with van der Waals surface area (Å²) in [6.07, 6.45) is 25.8. The van der Waals surface area contributed by atoms with Gasteiger partial charge >= 0.3 is 0 Å². The molecule has 8 saturated heterocycles. The third-order valence-electron chi connectivity index (χ3n) is 23.9. The lowest BCUT2D eigenvalue weighted by atomic mass is 9.87. The summed E-state index contributed by atoms with van der Waals surface area (Å²) in [6, 6.07) is 40.8. The molecule has 20 rings (SSSR count). The fourth-order valence-corrected chi connectivity index (χ4v) is 17.2. The Kier molecular flexibility index (Phi) is 22.9. The van der Waals surface area contributed by atoms with Crippen molar-refractivity contribution < 1.29 is 23.7 Å². The fourth-order valence-electron chi connectivity index (χ4n) is 17.2. The Balaban J connectivity index is 0.000000126. The number of methoxy groups -OCH3 is 2. The zero-order chi connectivity index (χ0) is 79.9. The number of rotatable bonds is 17. The van der Waals surface area contributed by atoms with Crippen molar-refractivity contribution in [3.8, 4) is 63.3 Å². The van der Waals surface area contributed by atoms with Crippen molar-refractivity contribution in [3.63, 3.8) is 0 Å². The van der Waals surface area contributed by atoms with Crippen molar-refractivity contribution in [2.45, 2.75) is 63.2 Å². The number of anilines is 5. The van der Waals surface area contributed by atoms with Crippen molar-refractivity contribution in [2.75, 3.05) is 177 Å². The van der Waals surface area contributed by atoms with Crippen LogP contribution in [0.25, 0.3) is 49.9 Å². The molecular weight excluding hydrogens is 1470 g/mol. The van der Waals surface area contributed by atoms with E-state index in [-0.39, 0.29) is 11.8 Å². The van der Waals surface area contributed by atoms with E-state index >= 15 is 0 Å². The van der Waals surface area contributed by atoms with Gasteiger partial charge in [-0.2, -0.15) is 31.1 Å². The van der Waals surface area contributed by atoms with Crippen LogP contribution >= 0.6 is 0 Å². The quantitative estimate of drug-likeness (QED) is 0.0819. The second-order valence-electron chi connectivity index (χ2n) is 30.9. The van der Waals surface area contributed by atoms with Crippen molar-refractivity contribution in [3.05, 3.63) is 210 Å². The second kappa shape index (κ2) is 34.8. The number of carbonyl (C=O) groups is 1. The van der Waals surface area contributed by atoms with Crippen LogP contribution in [0.5, 0.6) is 11.8 Å². The highest BCUT2D eigenvalue weighted by Crippen LogP contribution is 2.40. The Labute approximate surface area is 679 Å². The summed E-state index contributed by atoms with van der Waals surface area (Å²) in [4.78, 5) is 61.6. The zero-order valence-corrected chi connectivity index (χ0v) is 66.4. The maximum absolute atomic E-state index is 13.1. The van der Waals surface area contributed by atoms with E-state index in [2.05, 4.69) is 160 Å². The summed E-state index contributed by atoms with van der Waals surface area (Å²) in [5.74, 6) is 4.39. The van der Waals surface area contributed by atoms with Crippen molar-refractivity contribution in [1.29, 1.82) is 15.8 Å². The van der Waals surface area contributed by atoms with Crippen LogP contribution in [0, 0.1) is 34.0 Å².